The lowest BCUT2D eigenvalue weighted by molar-refractivity contribution is 0.0950. The molecular formula is C14H15BrIN3O. The molecule has 2 rings (SSSR count). The summed E-state index contributed by atoms with van der Waals surface area (Å²) in [6, 6.07) is 5.67. The first-order valence-corrected chi connectivity index (χ1v) is 7.99. The third-order valence-electron chi connectivity index (χ3n) is 3.26. The summed E-state index contributed by atoms with van der Waals surface area (Å²) in [6.07, 6.45) is 0. The topological polar surface area (TPSA) is 46.9 Å². The quantitative estimate of drug-likeness (QED) is 0.733. The van der Waals surface area contributed by atoms with Crippen LogP contribution in [0.5, 0.6) is 0 Å². The maximum absolute atomic E-state index is 12.3. The third kappa shape index (κ3) is 3.22. The molecule has 20 heavy (non-hydrogen) atoms. The average molecular weight is 448 g/mol. The van der Waals surface area contributed by atoms with Crippen molar-refractivity contribution in [2.24, 2.45) is 7.05 Å². The number of carbonyl (C=O) groups excluding carboxylic acids is 1. The lowest BCUT2D eigenvalue weighted by Crippen LogP contribution is -2.24. The lowest BCUT2D eigenvalue weighted by Gasteiger charge is -2.08. The maximum atomic E-state index is 12.3. The number of carbonyl (C=O) groups is 1. The van der Waals surface area contributed by atoms with E-state index in [1.54, 1.807) is 0 Å². The molecule has 106 valence electrons. The van der Waals surface area contributed by atoms with E-state index in [1.807, 2.05) is 43.8 Å². The summed E-state index contributed by atoms with van der Waals surface area (Å²) >= 11 is 5.56. The van der Waals surface area contributed by atoms with Gasteiger partial charge in [-0.2, -0.15) is 5.10 Å². The molecule has 2 aromatic rings. The summed E-state index contributed by atoms with van der Waals surface area (Å²) in [6.45, 7) is 4.45. The van der Waals surface area contributed by atoms with E-state index in [-0.39, 0.29) is 5.91 Å². The second-order valence-corrected chi connectivity index (χ2v) is 6.66. The normalized spacial score (nSPS) is 10.7. The van der Waals surface area contributed by atoms with E-state index >= 15 is 0 Å². The second-order valence-electron chi connectivity index (χ2n) is 4.58. The van der Waals surface area contributed by atoms with Crippen molar-refractivity contribution in [2.45, 2.75) is 20.4 Å². The van der Waals surface area contributed by atoms with E-state index in [0.717, 1.165) is 25.0 Å². The van der Waals surface area contributed by atoms with Crippen LogP contribution in [0.3, 0.4) is 0 Å². The van der Waals surface area contributed by atoms with Crippen molar-refractivity contribution in [3.8, 4) is 0 Å². The van der Waals surface area contributed by atoms with Crippen LogP contribution in [-0.2, 0) is 13.6 Å². The van der Waals surface area contributed by atoms with Crippen LogP contribution in [0.2, 0.25) is 0 Å². The van der Waals surface area contributed by atoms with Crippen molar-refractivity contribution in [1.82, 2.24) is 15.1 Å². The fourth-order valence-corrected chi connectivity index (χ4v) is 2.95. The van der Waals surface area contributed by atoms with Crippen molar-refractivity contribution < 1.29 is 4.79 Å². The number of amides is 1. The Bertz CT molecular complexity index is 667. The summed E-state index contributed by atoms with van der Waals surface area (Å²) < 4.78 is 3.67. The predicted octanol–water partition coefficient (Wildman–Crippen LogP) is 3.33. The Morgan fingerprint density at radius 2 is 2.15 bits per heavy atom. The molecule has 0 spiro atoms. The van der Waals surface area contributed by atoms with Gasteiger partial charge in [-0.25, -0.2) is 0 Å². The molecule has 0 aliphatic heterocycles. The van der Waals surface area contributed by atoms with Gasteiger partial charge in [0.05, 0.1) is 11.3 Å². The number of aromatic nitrogens is 2. The Balaban J connectivity index is 2.15. The van der Waals surface area contributed by atoms with Crippen molar-refractivity contribution in [3.05, 3.63) is 48.8 Å². The monoisotopic (exact) mass is 447 g/mol. The molecule has 1 aromatic carbocycles. The summed E-state index contributed by atoms with van der Waals surface area (Å²) in [4.78, 5) is 12.3. The molecule has 0 saturated carbocycles. The average Bonchev–Trinajstić information content (AvgIpc) is 2.64. The minimum Gasteiger partial charge on any atom is -0.348 e. The van der Waals surface area contributed by atoms with Crippen molar-refractivity contribution in [1.29, 1.82) is 0 Å². The van der Waals surface area contributed by atoms with Gasteiger partial charge in [0.25, 0.3) is 5.91 Å². The van der Waals surface area contributed by atoms with Crippen molar-refractivity contribution in [2.75, 3.05) is 0 Å². The van der Waals surface area contributed by atoms with Gasteiger partial charge in [0.2, 0.25) is 0 Å². The standard InChI is InChI=1S/C14H15BrIN3O/c1-8-12(9(2)19(3)18-8)7-17-14(20)11-6-10(15)4-5-13(11)16/h4-6H,7H2,1-3H3,(H,17,20). The molecule has 0 fully saturated rings. The highest BCUT2D eigenvalue weighted by Crippen LogP contribution is 2.19. The first-order valence-electron chi connectivity index (χ1n) is 6.12. The zero-order chi connectivity index (χ0) is 14.9. The number of nitrogens with zero attached hydrogens (tertiary/aromatic N) is 2. The zero-order valence-corrected chi connectivity index (χ0v) is 15.2. The number of benzene rings is 1. The fourth-order valence-electron chi connectivity index (χ4n) is 2.01. The van der Waals surface area contributed by atoms with Gasteiger partial charge in [0.15, 0.2) is 0 Å². The highest BCUT2D eigenvalue weighted by molar-refractivity contribution is 14.1. The molecule has 1 N–H and O–H groups in total. The maximum Gasteiger partial charge on any atom is 0.252 e. The zero-order valence-electron chi connectivity index (χ0n) is 11.5. The Hall–Kier alpha value is -0.890. The van der Waals surface area contributed by atoms with Crippen LogP contribution in [0.25, 0.3) is 0 Å². The van der Waals surface area contributed by atoms with Crippen molar-refractivity contribution in [3.63, 3.8) is 0 Å². The van der Waals surface area contributed by atoms with Gasteiger partial charge in [0, 0.05) is 32.9 Å². The molecule has 0 unspecified atom stereocenters. The first kappa shape index (κ1) is 15.5. The Morgan fingerprint density at radius 1 is 1.45 bits per heavy atom. The van der Waals surface area contributed by atoms with Gasteiger partial charge in [-0.1, -0.05) is 15.9 Å². The van der Waals surface area contributed by atoms with Crippen LogP contribution in [0.4, 0.5) is 0 Å². The van der Waals surface area contributed by atoms with Gasteiger partial charge in [-0.05, 0) is 54.6 Å². The molecule has 1 heterocycles. The fraction of sp³-hybridized carbons (Fsp3) is 0.286. The van der Waals surface area contributed by atoms with Crippen LogP contribution in [-0.4, -0.2) is 15.7 Å². The largest absolute Gasteiger partial charge is 0.348 e. The Labute approximate surface area is 140 Å². The van der Waals surface area contributed by atoms with Gasteiger partial charge >= 0.3 is 0 Å². The Kier molecular flexibility index (Phi) is 4.85. The van der Waals surface area contributed by atoms with Gasteiger partial charge in [-0.3, -0.25) is 9.48 Å². The lowest BCUT2D eigenvalue weighted by atomic mass is 10.1. The molecule has 0 bridgehead atoms. The van der Waals surface area contributed by atoms with Crippen LogP contribution in [0.1, 0.15) is 27.3 Å². The number of aryl methyl sites for hydroxylation is 2. The number of hydrogen-bond donors (Lipinski definition) is 1. The number of rotatable bonds is 3. The molecule has 6 heteroatoms. The van der Waals surface area contributed by atoms with Crippen LogP contribution >= 0.6 is 38.5 Å². The van der Waals surface area contributed by atoms with E-state index in [0.29, 0.717) is 12.1 Å². The van der Waals surface area contributed by atoms with Crippen LogP contribution < -0.4 is 5.32 Å². The second kappa shape index (κ2) is 6.26. The summed E-state index contributed by atoms with van der Waals surface area (Å²) in [5.41, 5.74) is 3.78. The molecule has 1 aromatic heterocycles. The SMILES string of the molecule is Cc1nn(C)c(C)c1CNC(=O)c1cc(Br)ccc1I. The van der Waals surface area contributed by atoms with E-state index in [4.69, 9.17) is 0 Å². The summed E-state index contributed by atoms with van der Waals surface area (Å²) in [5.74, 6) is -0.0710. The van der Waals surface area contributed by atoms with E-state index in [1.165, 1.54) is 0 Å². The summed E-state index contributed by atoms with van der Waals surface area (Å²) in [7, 11) is 1.91. The number of hydrogen-bond acceptors (Lipinski definition) is 2. The smallest absolute Gasteiger partial charge is 0.252 e. The molecule has 0 saturated heterocycles. The minimum atomic E-state index is -0.0710. The minimum absolute atomic E-state index is 0.0710. The molecule has 0 atom stereocenters. The highest BCUT2D eigenvalue weighted by atomic mass is 127. The molecule has 4 nitrogen and oxygen atoms in total. The first-order chi connectivity index (χ1) is 9.40. The summed E-state index contributed by atoms with van der Waals surface area (Å²) in [5, 5.41) is 7.31. The van der Waals surface area contributed by atoms with E-state index < -0.39 is 0 Å². The highest BCUT2D eigenvalue weighted by Gasteiger charge is 2.13. The molecule has 0 aliphatic carbocycles. The number of halogens is 2. The molecular weight excluding hydrogens is 433 g/mol. The molecule has 0 aliphatic rings. The van der Waals surface area contributed by atoms with Gasteiger partial charge in [-0.15, -0.1) is 0 Å². The van der Waals surface area contributed by atoms with Crippen LogP contribution in [0, 0.1) is 17.4 Å². The van der Waals surface area contributed by atoms with Crippen LogP contribution in [0.15, 0.2) is 22.7 Å². The Morgan fingerprint density at radius 3 is 2.75 bits per heavy atom. The predicted molar refractivity (Wildman–Crippen MR) is 90.7 cm³/mol. The van der Waals surface area contributed by atoms with Gasteiger partial charge < -0.3 is 5.32 Å². The van der Waals surface area contributed by atoms with E-state index in [2.05, 4.69) is 48.9 Å². The third-order valence-corrected chi connectivity index (χ3v) is 4.69. The van der Waals surface area contributed by atoms with E-state index in [9.17, 15) is 4.79 Å². The van der Waals surface area contributed by atoms with Crippen molar-refractivity contribution >= 4 is 44.4 Å². The number of nitrogens with one attached hydrogen (secondary N) is 1. The molecule has 0 radical (unpaired) electrons. The molecule has 1 amide bonds. The van der Waals surface area contributed by atoms with Gasteiger partial charge in [0.1, 0.15) is 0 Å².